The van der Waals surface area contributed by atoms with E-state index in [2.05, 4.69) is 31.7 Å². The van der Waals surface area contributed by atoms with E-state index in [1.165, 1.54) is 5.56 Å². The van der Waals surface area contributed by atoms with Crippen molar-refractivity contribution in [3.8, 4) is 0 Å². The van der Waals surface area contributed by atoms with E-state index >= 15 is 0 Å². The number of guanidine groups is 1. The SMILES string of the molecule is COCCCNC(=NCc1nnc(C)n1C)N1CCC(Cc2cnn(C)c2)C1. The molecule has 0 bridgehead atoms. The van der Waals surface area contributed by atoms with Crippen LogP contribution < -0.4 is 5.32 Å². The summed E-state index contributed by atoms with van der Waals surface area (Å²) in [6.07, 6.45) is 7.25. The highest BCUT2D eigenvalue weighted by molar-refractivity contribution is 5.80. The number of aryl methyl sites for hydroxylation is 2. The zero-order valence-corrected chi connectivity index (χ0v) is 17.4. The van der Waals surface area contributed by atoms with Crippen molar-refractivity contribution in [2.75, 3.05) is 33.4 Å². The Bertz CT molecular complexity index is 781. The third-order valence-electron chi connectivity index (χ3n) is 5.23. The maximum atomic E-state index is 5.16. The summed E-state index contributed by atoms with van der Waals surface area (Å²) < 4.78 is 9.02. The predicted octanol–water partition coefficient (Wildman–Crippen LogP) is 0.904. The van der Waals surface area contributed by atoms with Crippen molar-refractivity contribution in [3.63, 3.8) is 0 Å². The minimum Gasteiger partial charge on any atom is -0.385 e. The van der Waals surface area contributed by atoms with Gasteiger partial charge in [-0.15, -0.1) is 10.2 Å². The van der Waals surface area contributed by atoms with Crippen LogP contribution in [0.2, 0.25) is 0 Å². The summed E-state index contributed by atoms with van der Waals surface area (Å²) in [5.41, 5.74) is 1.30. The average Bonchev–Trinajstić information content (AvgIpc) is 3.38. The summed E-state index contributed by atoms with van der Waals surface area (Å²) >= 11 is 0. The van der Waals surface area contributed by atoms with Gasteiger partial charge in [-0.3, -0.25) is 4.68 Å². The summed E-state index contributed by atoms with van der Waals surface area (Å²) in [5.74, 6) is 3.34. The Morgan fingerprint density at radius 3 is 2.89 bits per heavy atom. The molecule has 0 amide bonds. The molecule has 1 unspecified atom stereocenters. The Hall–Kier alpha value is -2.42. The average molecular weight is 389 g/mol. The highest BCUT2D eigenvalue weighted by Gasteiger charge is 2.25. The number of nitrogens with one attached hydrogen (secondary N) is 1. The maximum Gasteiger partial charge on any atom is 0.194 e. The number of hydrogen-bond donors (Lipinski definition) is 1. The molecule has 1 aliphatic rings. The van der Waals surface area contributed by atoms with Crippen molar-refractivity contribution in [1.29, 1.82) is 0 Å². The monoisotopic (exact) mass is 388 g/mol. The second-order valence-electron chi connectivity index (χ2n) is 7.46. The van der Waals surface area contributed by atoms with Crippen molar-refractivity contribution in [2.45, 2.75) is 32.7 Å². The second-order valence-corrected chi connectivity index (χ2v) is 7.46. The molecule has 0 aromatic carbocycles. The molecule has 1 saturated heterocycles. The van der Waals surface area contributed by atoms with Crippen molar-refractivity contribution in [2.24, 2.45) is 25.0 Å². The van der Waals surface area contributed by atoms with E-state index in [1.807, 2.05) is 36.5 Å². The van der Waals surface area contributed by atoms with E-state index in [-0.39, 0.29) is 0 Å². The van der Waals surface area contributed by atoms with Crippen LogP contribution in [0.25, 0.3) is 0 Å². The van der Waals surface area contributed by atoms with Gasteiger partial charge in [0.05, 0.1) is 6.20 Å². The van der Waals surface area contributed by atoms with E-state index in [0.717, 1.165) is 63.1 Å². The van der Waals surface area contributed by atoms with Gasteiger partial charge >= 0.3 is 0 Å². The Balaban J connectivity index is 1.62. The van der Waals surface area contributed by atoms with Crippen LogP contribution in [0.3, 0.4) is 0 Å². The fraction of sp³-hybridized carbons (Fsp3) is 0.684. The molecule has 0 saturated carbocycles. The van der Waals surface area contributed by atoms with Gasteiger partial charge < -0.3 is 19.5 Å². The molecule has 0 spiro atoms. The molecule has 154 valence electrons. The molecule has 0 radical (unpaired) electrons. The maximum absolute atomic E-state index is 5.16. The van der Waals surface area contributed by atoms with Crippen LogP contribution in [0.15, 0.2) is 17.4 Å². The third kappa shape index (κ3) is 5.31. The molecular formula is C19H32N8O. The van der Waals surface area contributed by atoms with Gasteiger partial charge in [-0.2, -0.15) is 5.10 Å². The van der Waals surface area contributed by atoms with Crippen molar-refractivity contribution < 1.29 is 4.74 Å². The molecule has 2 aromatic rings. The number of hydrogen-bond acceptors (Lipinski definition) is 5. The minimum atomic E-state index is 0.522. The number of aliphatic imine (C=N–C) groups is 1. The first kappa shape index (κ1) is 20.3. The lowest BCUT2D eigenvalue weighted by molar-refractivity contribution is 0.195. The van der Waals surface area contributed by atoms with Gasteiger partial charge in [0.2, 0.25) is 0 Å². The molecule has 9 heteroatoms. The van der Waals surface area contributed by atoms with Crippen LogP contribution in [0.5, 0.6) is 0 Å². The summed E-state index contributed by atoms with van der Waals surface area (Å²) in [5, 5.41) is 16.1. The molecule has 1 atom stereocenters. The Labute approximate surface area is 166 Å². The summed E-state index contributed by atoms with van der Waals surface area (Å²) in [6, 6.07) is 0. The summed E-state index contributed by atoms with van der Waals surface area (Å²) in [4.78, 5) is 7.20. The van der Waals surface area contributed by atoms with Gasteiger partial charge in [0.15, 0.2) is 11.8 Å². The molecule has 1 fully saturated rings. The van der Waals surface area contributed by atoms with Crippen LogP contribution >= 0.6 is 0 Å². The molecule has 28 heavy (non-hydrogen) atoms. The Kier molecular flexibility index (Phi) is 7.02. The largest absolute Gasteiger partial charge is 0.385 e. The standard InChI is InChI=1S/C19H32N8O/c1-15-23-24-18(26(15)3)12-21-19(20-7-5-9-28-4)27-8-6-16(14-27)10-17-11-22-25(2)13-17/h11,13,16H,5-10,12,14H2,1-4H3,(H,20,21). The first-order valence-corrected chi connectivity index (χ1v) is 9.91. The van der Waals surface area contributed by atoms with Crippen LogP contribution in [-0.2, 0) is 31.8 Å². The van der Waals surface area contributed by atoms with Gasteiger partial charge in [-0.25, -0.2) is 4.99 Å². The summed E-state index contributed by atoms with van der Waals surface area (Å²) in [7, 11) is 5.67. The van der Waals surface area contributed by atoms with Crippen LogP contribution in [0.1, 0.15) is 30.1 Å². The molecule has 1 N–H and O–H groups in total. The Morgan fingerprint density at radius 1 is 1.36 bits per heavy atom. The quantitative estimate of drug-likeness (QED) is 0.411. The number of nitrogens with zero attached hydrogens (tertiary/aromatic N) is 7. The van der Waals surface area contributed by atoms with Gasteiger partial charge in [-0.1, -0.05) is 0 Å². The smallest absolute Gasteiger partial charge is 0.194 e. The molecule has 3 heterocycles. The van der Waals surface area contributed by atoms with Crippen molar-refractivity contribution in [3.05, 3.63) is 29.6 Å². The highest BCUT2D eigenvalue weighted by Crippen LogP contribution is 2.21. The fourth-order valence-electron chi connectivity index (χ4n) is 3.52. The summed E-state index contributed by atoms with van der Waals surface area (Å²) in [6.45, 7) is 6.07. The molecule has 3 rings (SSSR count). The van der Waals surface area contributed by atoms with Crippen LogP contribution in [0.4, 0.5) is 0 Å². The van der Waals surface area contributed by atoms with E-state index in [1.54, 1.807) is 7.11 Å². The predicted molar refractivity (Wildman–Crippen MR) is 108 cm³/mol. The Morgan fingerprint density at radius 2 is 2.21 bits per heavy atom. The normalized spacial score (nSPS) is 17.5. The van der Waals surface area contributed by atoms with Crippen LogP contribution in [0, 0.1) is 12.8 Å². The lowest BCUT2D eigenvalue weighted by Crippen LogP contribution is -2.41. The van der Waals surface area contributed by atoms with Crippen LogP contribution in [-0.4, -0.2) is 68.8 Å². The zero-order valence-electron chi connectivity index (χ0n) is 17.4. The highest BCUT2D eigenvalue weighted by atomic mass is 16.5. The van der Waals surface area contributed by atoms with Gasteiger partial charge in [0, 0.05) is 53.6 Å². The second kappa shape index (κ2) is 9.68. The van der Waals surface area contributed by atoms with E-state index < -0.39 is 0 Å². The van der Waals surface area contributed by atoms with E-state index in [4.69, 9.17) is 9.73 Å². The van der Waals surface area contributed by atoms with Gasteiger partial charge in [0.1, 0.15) is 12.4 Å². The molecule has 2 aromatic heterocycles. The first-order valence-electron chi connectivity index (χ1n) is 9.91. The molecule has 0 aliphatic carbocycles. The number of ether oxygens (including phenoxy) is 1. The van der Waals surface area contributed by atoms with E-state index in [9.17, 15) is 0 Å². The van der Waals surface area contributed by atoms with Gasteiger partial charge in [-0.05, 0) is 37.7 Å². The van der Waals surface area contributed by atoms with E-state index in [0.29, 0.717) is 12.5 Å². The fourth-order valence-corrected chi connectivity index (χ4v) is 3.52. The molecule has 9 nitrogen and oxygen atoms in total. The first-order chi connectivity index (χ1) is 13.6. The zero-order chi connectivity index (χ0) is 19.9. The minimum absolute atomic E-state index is 0.522. The van der Waals surface area contributed by atoms with Crippen molar-refractivity contribution in [1.82, 2.24) is 34.8 Å². The number of likely N-dealkylation sites (tertiary alicyclic amines) is 1. The number of methoxy groups -OCH3 is 1. The van der Waals surface area contributed by atoms with Crippen molar-refractivity contribution >= 4 is 5.96 Å². The number of rotatable bonds is 8. The molecule has 1 aliphatic heterocycles. The van der Waals surface area contributed by atoms with Gasteiger partial charge in [0.25, 0.3) is 0 Å². The molecular weight excluding hydrogens is 356 g/mol. The lowest BCUT2D eigenvalue weighted by Gasteiger charge is -2.22. The number of aromatic nitrogens is 5. The lowest BCUT2D eigenvalue weighted by atomic mass is 10.0. The third-order valence-corrected chi connectivity index (χ3v) is 5.23. The topological polar surface area (TPSA) is 85.4 Å².